The van der Waals surface area contributed by atoms with Gasteiger partial charge in [-0.15, -0.1) is 0 Å². The first kappa shape index (κ1) is 12.4. The van der Waals surface area contributed by atoms with Crippen molar-refractivity contribution in [1.29, 1.82) is 0 Å². The molecule has 2 unspecified atom stereocenters. The number of β-amino-alcohol motifs (C(OH)–C–C–N with tert-alkyl or cyclic N) is 1. The summed E-state index contributed by atoms with van der Waals surface area (Å²) >= 11 is 0. The monoisotopic (exact) mass is 261 g/mol. The van der Waals surface area contributed by atoms with E-state index in [0.29, 0.717) is 12.6 Å². The molecule has 1 fully saturated rings. The Kier molecular flexibility index (Phi) is 3.16. The lowest BCUT2D eigenvalue weighted by Gasteiger charge is -2.25. The first-order valence-electron chi connectivity index (χ1n) is 6.58. The predicted molar refractivity (Wildman–Crippen MR) is 74.3 cm³/mol. The molecule has 5 heteroatoms. The van der Waals surface area contributed by atoms with Crippen LogP contribution in [0.5, 0.6) is 0 Å². The Balaban J connectivity index is 1.90. The molecule has 3 rings (SSSR count). The molecular formula is C14H19N3O2. The molecular weight excluding hydrogens is 242 g/mol. The SMILES string of the molecule is CN(C)CC1CC(O)CN1c1nc2ccccc2o1. The third-order valence-electron chi connectivity index (χ3n) is 3.50. The molecule has 1 N–H and O–H groups in total. The van der Waals surface area contributed by atoms with Crippen molar-refractivity contribution in [3.63, 3.8) is 0 Å². The second kappa shape index (κ2) is 4.83. The molecule has 0 spiro atoms. The zero-order chi connectivity index (χ0) is 13.4. The van der Waals surface area contributed by atoms with Gasteiger partial charge in [-0.25, -0.2) is 0 Å². The van der Waals surface area contributed by atoms with E-state index >= 15 is 0 Å². The van der Waals surface area contributed by atoms with Gasteiger partial charge in [-0.1, -0.05) is 12.1 Å². The molecule has 2 aromatic rings. The zero-order valence-electron chi connectivity index (χ0n) is 11.3. The van der Waals surface area contributed by atoms with E-state index in [1.165, 1.54) is 0 Å². The number of hydrogen-bond donors (Lipinski definition) is 1. The Morgan fingerprint density at radius 2 is 2.21 bits per heavy atom. The summed E-state index contributed by atoms with van der Waals surface area (Å²) in [5.41, 5.74) is 1.66. The standard InChI is InChI=1S/C14H19N3O2/c1-16(2)8-10-7-11(18)9-17(10)14-15-12-5-3-4-6-13(12)19-14/h3-6,10-11,18H,7-9H2,1-2H3. The second-order valence-electron chi connectivity index (χ2n) is 5.42. The second-order valence-corrected chi connectivity index (χ2v) is 5.42. The van der Waals surface area contributed by atoms with Gasteiger partial charge in [0.05, 0.1) is 6.10 Å². The number of likely N-dealkylation sites (N-methyl/N-ethyl adjacent to an activating group) is 1. The van der Waals surface area contributed by atoms with E-state index in [4.69, 9.17) is 4.42 Å². The van der Waals surface area contributed by atoms with E-state index in [1.54, 1.807) is 0 Å². The molecule has 1 aliphatic heterocycles. The largest absolute Gasteiger partial charge is 0.423 e. The number of aliphatic hydroxyl groups excluding tert-OH is 1. The average molecular weight is 261 g/mol. The molecule has 0 radical (unpaired) electrons. The number of aliphatic hydroxyl groups is 1. The van der Waals surface area contributed by atoms with Crippen LogP contribution in [0.4, 0.5) is 6.01 Å². The summed E-state index contributed by atoms with van der Waals surface area (Å²) in [5, 5.41) is 9.89. The van der Waals surface area contributed by atoms with E-state index in [0.717, 1.165) is 24.1 Å². The third-order valence-corrected chi connectivity index (χ3v) is 3.50. The molecule has 0 amide bonds. The van der Waals surface area contributed by atoms with Crippen LogP contribution in [0.25, 0.3) is 11.1 Å². The van der Waals surface area contributed by atoms with E-state index in [-0.39, 0.29) is 12.1 Å². The molecule has 2 heterocycles. The van der Waals surface area contributed by atoms with Gasteiger partial charge in [0.15, 0.2) is 5.58 Å². The number of hydrogen-bond acceptors (Lipinski definition) is 5. The van der Waals surface area contributed by atoms with Crippen LogP contribution in [-0.2, 0) is 0 Å². The average Bonchev–Trinajstić information content (AvgIpc) is 2.91. The summed E-state index contributed by atoms with van der Waals surface area (Å²) in [5.74, 6) is 0. The van der Waals surface area contributed by atoms with Gasteiger partial charge in [-0.05, 0) is 32.6 Å². The first-order chi connectivity index (χ1) is 9.13. The number of para-hydroxylation sites is 2. The molecule has 0 aliphatic carbocycles. The summed E-state index contributed by atoms with van der Waals surface area (Å²) in [6, 6.07) is 8.61. The fourth-order valence-electron chi connectivity index (χ4n) is 2.70. The molecule has 0 bridgehead atoms. The maximum atomic E-state index is 9.89. The fourth-order valence-corrected chi connectivity index (χ4v) is 2.70. The Labute approximate surface area is 112 Å². The first-order valence-corrected chi connectivity index (χ1v) is 6.58. The van der Waals surface area contributed by atoms with Gasteiger partial charge < -0.3 is 19.3 Å². The quantitative estimate of drug-likeness (QED) is 0.903. The highest BCUT2D eigenvalue weighted by atomic mass is 16.4. The highest BCUT2D eigenvalue weighted by Gasteiger charge is 2.34. The van der Waals surface area contributed by atoms with Crippen LogP contribution < -0.4 is 4.90 Å². The molecule has 0 saturated carbocycles. The molecule has 19 heavy (non-hydrogen) atoms. The Bertz CT molecular complexity index is 534. The van der Waals surface area contributed by atoms with Gasteiger partial charge in [0, 0.05) is 19.1 Å². The smallest absolute Gasteiger partial charge is 0.298 e. The number of rotatable bonds is 3. The van der Waals surface area contributed by atoms with Crippen molar-refractivity contribution in [2.45, 2.75) is 18.6 Å². The van der Waals surface area contributed by atoms with E-state index in [2.05, 4.69) is 14.8 Å². The summed E-state index contributed by atoms with van der Waals surface area (Å²) in [7, 11) is 4.07. The molecule has 5 nitrogen and oxygen atoms in total. The van der Waals surface area contributed by atoms with Crippen LogP contribution in [0, 0.1) is 0 Å². The number of benzene rings is 1. The highest BCUT2D eigenvalue weighted by molar-refractivity contribution is 5.74. The van der Waals surface area contributed by atoms with Gasteiger partial charge in [0.2, 0.25) is 0 Å². The lowest BCUT2D eigenvalue weighted by molar-refractivity contribution is 0.191. The van der Waals surface area contributed by atoms with Crippen molar-refractivity contribution in [2.24, 2.45) is 0 Å². The van der Waals surface area contributed by atoms with Crippen molar-refractivity contribution in [2.75, 3.05) is 32.1 Å². The topological polar surface area (TPSA) is 52.7 Å². The van der Waals surface area contributed by atoms with Gasteiger partial charge in [0.1, 0.15) is 5.52 Å². The Morgan fingerprint density at radius 1 is 1.42 bits per heavy atom. The Morgan fingerprint density at radius 3 is 2.95 bits per heavy atom. The molecule has 1 aromatic carbocycles. The minimum absolute atomic E-state index is 0.248. The van der Waals surface area contributed by atoms with Crippen molar-refractivity contribution in [3.05, 3.63) is 24.3 Å². The van der Waals surface area contributed by atoms with Crippen LogP contribution in [-0.4, -0.2) is 54.3 Å². The fraction of sp³-hybridized carbons (Fsp3) is 0.500. The predicted octanol–water partition coefficient (Wildman–Crippen LogP) is 1.33. The van der Waals surface area contributed by atoms with Crippen LogP contribution in [0.2, 0.25) is 0 Å². The van der Waals surface area contributed by atoms with Crippen molar-refractivity contribution in [1.82, 2.24) is 9.88 Å². The van der Waals surface area contributed by atoms with Crippen LogP contribution in [0.15, 0.2) is 28.7 Å². The molecule has 2 atom stereocenters. The molecule has 1 aromatic heterocycles. The van der Waals surface area contributed by atoms with Gasteiger partial charge in [0.25, 0.3) is 6.01 Å². The van der Waals surface area contributed by atoms with Crippen LogP contribution in [0.1, 0.15) is 6.42 Å². The summed E-state index contributed by atoms with van der Waals surface area (Å²) in [4.78, 5) is 8.71. The summed E-state index contributed by atoms with van der Waals surface area (Å²) < 4.78 is 5.80. The van der Waals surface area contributed by atoms with Crippen LogP contribution >= 0.6 is 0 Å². The molecule has 102 valence electrons. The lowest BCUT2D eigenvalue weighted by Crippen LogP contribution is -2.37. The van der Waals surface area contributed by atoms with E-state index < -0.39 is 0 Å². The number of anilines is 1. The zero-order valence-corrected chi connectivity index (χ0v) is 11.3. The van der Waals surface area contributed by atoms with Crippen molar-refractivity contribution >= 4 is 17.1 Å². The maximum Gasteiger partial charge on any atom is 0.298 e. The number of fused-ring (bicyclic) bond motifs is 1. The van der Waals surface area contributed by atoms with Crippen molar-refractivity contribution in [3.8, 4) is 0 Å². The normalized spacial score (nSPS) is 23.7. The highest BCUT2D eigenvalue weighted by Crippen LogP contribution is 2.28. The van der Waals surface area contributed by atoms with E-state index in [1.807, 2.05) is 38.4 Å². The number of oxazole rings is 1. The van der Waals surface area contributed by atoms with Crippen molar-refractivity contribution < 1.29 is 9.52 Å². The molecule has 1 saturated heterocycles. The maximum absolute atomic E-state index is 9.89. The van der Waals surface area contributed by atoms with Gasteiger partial charge >= 0.3 is 0 Å². The molecule has 1 aliphatic rings. The lowest BCUT2D eigenvalue weighted by atomic mass is 10.2. The minimum atomic E-state index is -0.306. The van der Waals surface area contributed by atoms with E-state index in [9.17, 15) is 5.11 Å². The number of nitrogens with zero attached hydrogens (tertiary/aromatic N) is 3. The Hall–Kier alpha value is -1.59. The third kappa shape index (κ3) is 2.43. The summed E-state index contributed by atoms with van der Waals surface area (Å²) in [6.07, 6.45) is 0.455. The minimum Gasteiger partial charge on any atom is -0.423 e. The van der Waals surface area contributed by atoms with Gasteiger partial charge in [-0.2, -0.15) is 4.98 Å². The van der Waals surface area contributed by atoms with Crippen LogP contribution in [0.3, 0.4) is 0 Å². The van der Waals surface area contributed by atoms with Gasteiger partial charge in [-0.3, -0.25) is 0 Å². The summed E-state index contributed by atoms with van der Waals surface area (Å²) in [6.45, 7) is 1.47. The number of aromatic nitrogens is 1.